The van der Waals surface area contributed by atoms with E-state index < -0.39 is 5.97 Å². The number of rotatable bonds is 15. The first-order valence-corrected chi connectivity index (χ1v) is 15.1. The molecule has 0 aliphatic rings. The van der Waals surface area contributed by atoms with Crippen molar-refractivity contribution < 1.29 is 18.7 Å². The van der Waals surface area contributed by atoms with Crippen molar-refractivity contribution in [3.8, 4) is 5.75 Å². The molecule has 0 aliphatic heterocycles. The lowest BCUT2D eigenvalue weighted by Crippen LogP contribution is -2.20. The van der Waals surface area contributed by atoms with E-state index in [0.717, 1.165) is 36.0 Å². The van der Waals surface area contributed by atoms with Gasteiger partial charge in [-0.3, -0.25) is 4.79 Å². The molecule has 0 bridgehead atoms. The summed E-state index contributed by atoms with van der Waals surface area (Å²) in [5, 5.41) is -0.377. The van der Waals surface area contributed by atoms with Gasteiger partial charge >= 0.3 is 5.97 Å². The number of ether oxygens (including phenoxy) is 2. The standard InChI is InChI=1S/C32H35FN4O4S/c1-3-4-5-6-7-16-41-28-17-24(10-13-27(28)32(39)40-2)20-37-15-14-29(38)36-31(37)30(25-18-34-22-35-19-25)42-21-23-8-11-26(33)12-9-23/h8-15,17-19,22,30H,3-7,16,20-21H2,1-2H3. The Morgan fingerprint density at radius 2 is 1.74 bits per heavy atom. The Balaban J connectivity index is 1.62. The molecule has 0 radical (unpaired) electrons. The third-order valence-corrected chi connectivity index (χ3v) is 7.99. The van der Waals surface area contributed by atoms with Gasteiger partial charge in [-0.1, -0.05) is 50.8 Å². The van der Waals surface area contributed by atoms with Crippen LogP contribution in [-0.2, 0) is 17.0 Å². The van der Waals surface area contributed by atoms with Gasteiger partial charge in [0.25, 0.3) is 5.56 Å². The van der Waals surface area contributed by atoms with Crippen LogP contribution in [0.2, 0.25) is 0 Å². The van der Waals surface area contributed by atoms with Crippen LogP contribution in [-0.4, -0.2) is 39.2 Å². The van der Waals surface area contributed by atoms with E-state index in [1.54, 1.807) is 48.6 Å². The molecule has 0 fully saturated rings. The van der Waals surface area contributed by atoms with Crippen molar-refractivity contribution in [1.29, 1.82) is 0 Å². The van der Waals surface area contributed by atoms with E-state index in [-0.39, 0.29) is 16.6 Å². The summed E-state index contributed by atoms with van der Waals surface area (Å²) in [7, 11) is 1.35. The molecule has 42 heavy (non-hydrogen) atoms. The molecular weight excluding hydrogens is 555 g/mol. The number of methoxy groups -OCH3 is 1. The van der Waals surface area contributed by atoms with Gasteiger partial charge in [-0.2, -0.15) is 4.98 Å². The smallest absolute Gasteiger partial charge is 0.341 e. The average Bonchev–Trinajstić information content (AvgIpc) is 3.01. The molecule has 0 aliphatic carbocycles. The highest BCUT2D eigenvalue weighted by atomic mass is 32.2. The van der Waals surface area contributed by atoms with Crippen molar-refractivity contribution in [2.24, 2.45) is 0 Å². The summed E-state index contributed by atoms with van der Waals surface area (Å²) in [6, 6.07) is 13.1. The van der Waals surface area contributed by atoms with Crippen molar-refractivity contribution in [2.45, 2.75) is 56.6 Å². The molecule has 2 aromatic heterocycles. The van der Waals surface area contributed by atoms with E-state index >= 15 is 0 Å². The summed E-state index contributed by atoms with van der Waals surface area (Å²) >= 11 is 1.54. The predicted octanol–water partition coefficient (Wildman–Crippen LogP) is 6.38. The summed E-state index contributed by atoms with van der Waals surface area (Å²) in [5.74, 6) is 0.779. The minimum atomic E-state index is -0.463. The lowest BCUT2D eigenvalue weighted by atomic mass is 10.1. The fourth-order valence-electron chi connectivity index (χ4n) is 4.46. The Labute approximate surface area is 249 Å². The molecule has 1 atom stereocenters. The van der Waals surface area contributed by atoms with Gasteiger partial charge in [0.2, 0.25) is 0 Å². The van der Waals surface area contributed by atoms with Crippen LogP contribution in [0, 0.1) is 5.82 Å². The molecule has 1 unspecified atom stereocenters. The Bertz CT molecular complexity index is 1500. The zero-order valence-electron chi connectivity index (χ0n) is 23.9. The highest BCUT2D eigenvalue weighted by Gasteiger charge is 2.22. The van der Waals surface area contributed by atoms with Crippen LogP contribution in [0.4, 0.5) is 4.39 Å². The van der Waals surface area contributed by atoms with Crippen LogP contribution in [0.1, 0.15) is 77.2 Å². The SMILES string of the molecule is CCCCCCCOc1cc(Cn2ccc(=O)nc2C(SCc2ccc(F)cc2)c2cncnc2)ccc1C(=O)OC. The van der Waals surface area contributed by atoms with Crippen molar-refractivity contribution in [3.05, 3.63) is 118 Å². The Morgan fingerprint density at radius 3 is 2.48 bits per heavy atom. The number of esters is 1. The molecule has 0 saturated carbocycles. The second-order valence-electron chi connectivity index (χ2n) is 9.83. The van der Waals surface area contributed by atoms with E-state index in [1.165, 1.54) is 44.5 Å². The summed E-state index contributed by atoms with van der Waals surface area (Å²) in [5.41, 5.74) is 2.58. The number of halogens is 1. The van der Waals surface area contributed by atoms with Gasteiger partial charge in [0.1, 0.15) is 29.3 Å². The number of carbonyl (C=O) groups is 1. The number of unbranched alkanes of at least 4 members (excludes halogenated alkanes) is 4. The zero-order chi connectivity index (χ0) is 29.7. The number of carbonyl (C=O) groups excluding carboxylic acids is 1. The number of benzene rings is 2. The zero-order valence-corrected chi connectivity index (χ0v) is 24.7. The fourth-order valence-corrected chi connectivity index (χ4v) is 5.66. The molecule has 0 N–H and O–H groups in total. The largest absolute Gasteiger partial charge is 0.493 e. The first-order chi connectivity index (χ1) is 20.5. The van der Waals surface area contributed by atoms with Crippen LogP contribution in [0.15, 0.2) is 78.2 Å². The predicted molar refractivity (Wildman–Crippen MR) is 161 cm³/mol. The summed E-state index contributed by atoms with van der Waals surface area (Å²) in [6.07, 6.45) is 12.0. The Hall–Kier alpha value is -4.05. The third kappa shape index (κ3) is 8.72. The van der Waals surface area contributed by atoms with E-state index in [2.05, 4.69) is 21.9 Å². The van der Waals surface area contributed by atoms with Crippen LogP contribution in [0.25, 0.3) is 0 Å². The monoisotopic (exact) mass is 590 g/mol. The van der Waals surface area contributed by atoms with Crippen molar-refractivity contribution >= 4 is 17.7 Å². The number of thioether (sulfide) groups is 1. The first-order valence-electron chi connectivity index (χ1n) is 14.0. The maximum absolute atomic E-state index is 13.5. The molecule has 220 valence electrons. The first kappa shape index (κ1) is 30.9. The van der Waals surface area contributed by atoms with E-state index in [1.807, 2.05) is 16.7 Å². The number of hydrogen-bond acceptors (Lipinski definition) is 8. The highest BCUT2D eigenvalue weighted by molar-refractivity contribution is 7.98. The second-order valence-corrected chi connectivity index (χ2v) is 10.9. The van der Waals surface area contributed by atoms with Crippen molar-refractivity contribution in [2.75, 3.05) is 13.7 Å². The van der Waals surface area contributed by atoms with Gasteiger partial charge in [0, 0.05) is 42.5 Å². The van der Waals surface area contributed by atoms with Gasteiger partial charge in [-0.05, 0) is 41.8 Å². The number of aromatic nitrogens is 4. The van der Waals surface area contributed by atoms with Gasteiger partial charge in [-0.25, -0.2) is 19.2 Å². The quantitative estimate of drug-likeness (QED) is 0.116. The second kappa shape index (κ2) is 15.8. The van der Waals surface area contributed by atoms with E-state index in [4.69, 9.17) is 9.47 Å². The minimum absolute atomic E-state index is 0.298. The van der Waals surface area contributed by atoms with E-state index in [9.17, 15) is 14.0 Å². The normalized spacial score (nSPS) is 11.7. The van der Waals surface area contributed by atoms with Crippen LogP contribution >= 0.6 is 11.8 Å². The van der Waals surface area contributed by atoms with Crippen molar-refractivity contribution in [1.82, 2.24) is 19.5 Å². The Kier molecular flexibility index (Phi) is 11.6. The Morgan fingerprint density at radius 1 is 1.00 bits per heavy atom. The summed E-state index contributed by atoms with van der Waals surface area (Å²) < 4.78 is 26.4. The molecule has 0 saturated heterocycles. The van der Waals surface area contributed by atoms with Gasteiger partial charge in [0.05, 0.1) is 19.0 Å². The maximum Gasteiger partial charge on any atom is 0.341 e. The molecule has 2 aromatic carbocycles. The molecule has 0 spiro atoms. The number of nitrogens with zero attached hydrogens (tertiary/aromatic N) is 4. The van der Waals surface area contributed by atoms with E-state index in [0.29, 0.717) is 36.0 Å². The van der Waals surface area contributed by atoms with Crippen LogP contribution in [0.5, 0.6) is 5.75 Å². The van der Waals surface area contributed by atoms with Crippen LogP contribution in [0.3, 0.4) is 0 Å². The summed E-state index contributed by atoms with van der Waals surface area (Å²) in [6.45, 7) is 3.05. The topological polar surface area (TPSA) is 96.2 Å². The average molecular weight is 591 g/mol. The van der Waals surface area contributed by atoms with Gasteiger partial charge in [-0.15, -0.1) is 11.8 Å². The lowest BCUT2D eigenvalue weighted by molar-refractivity contribution is 0.0596. The third-order valence-electron chi connectivity index (χ3n) is 6.67. The molecular formula is C32H35FN4O4S. The minimum Gasteiger partial charge on any atom is -0.493 e. The molecule has 10 heteroatoms. The van der Waals surface area contributed by atoms with Crippen molar-refractivity contribution in [3.63, 3.8) is 0 Å². The molecule has 4 rings (SSSR count). The number of hydrogen-bond donors (Lipinski definition) is 0. The summed E-state index contributed by atoms with van der Waals surface area (Å²) in [4.78, 5) is 37.7. The van der Waals surface area contributed by atoms with Gasteiger partial charge < -0.3 is 14.0 Å². The molecule has 8 nitrogen and oxygen atoms in total. The maximum atomic E-state index is 13.5. The van der Waals surface area contributed by atoms with Crippen LogP contribution < -0.4 is 10.3 Å². The highest BCUT2D eigenvalue weighted by Crippen LogP contribution is 2.36. The molecule has 0 amide bonds. The van der Waals surface area contributed by atoms with Gasteiger partial charge in [0.15, 0.2) is 0 Å². The molecule has 2 heterocycles. The fraction of sp³-hybridized carbons (Fsp3) is 0.344. The molecule has 4 aromatic rings. The lowest BCUT2D eigenvalue weighted by Gasteiger charge is -2.21.